The van der Waals surface area contributed by atoms with Crippen molar-refractivity contribution in [2.24, 2.45) is 0 Å². The Kier molecular flexibility index (Phi) is 5.54. The minimum absolute atomic E-state index is 0.124. The van der Waals surface area contributed by atoms with E-state index in [0.29, 0.717) is 10.2 Å². The van der Waals surface area contributed by atoms with Gasteiger partial charge in [-0.05, 0) is 30.7 Å². The molecular weight excluding hydrogens is 370 g/mol. The molecule has 0 aliphatic carbocycles. The molecule has 2 amide bonds. The van der Waals surface area contributed by atoms with E-state index >= 15 is 0 Å². The number of carbonyl (C=O) groups excluding carboxylic acids is 2. The van der Waals surface area contributed by atoms with Crippen LogP contribution < -0.4 is 10.6 Å². The van der Waals surface area contributed by atoms with Crippen molar-refractivity contribution in [1.82, 2.24) is 10.3 Å². The van der Waals surface area contributed by atoms with Crippen molar-refractivity contribution in [3.05, 3.63) is 58.6 Å². The molecular formula is C19H18ClN3O2S. The molecule has 7 heteroatoms. The fourth-order valence-electron chi connectivity index (χ4n) is 2.60. The van der Waals surface area contributed by atoms with Crippen molar-refractivity contribution in [2.75, 3.05) is 5.32 Å². The van der Waals surface area contributed by atoms with Gasteiger partial charge in [-0.1, -0.05) is 52.8 Å². The lowest BCUT2D eigenvalue weighted by molar-refractivity contribution is -0.120. The number of hydrogen-bond donors (Lipinski definition) is 2. The lowest BCUT2D eigenvalue weighted by atomic mass is 10.0. The maximum Gasteiger partial charge on any atom is 0.228 e. The van der Waals surface area contributed by atoms with E-state index in [0.717, 1.165) is 21.3 Å². The predicted octanol–water partition coefficient (Wildman–Crippen LogP) is 4.46. The van der Waals surface area contributed by atoms with E-state index < -0.39 is 6.04 Å². The van der Waals surface area contributed by atoms with E-state index in [9.17, 15) is 9.59 Å². The number of carbonyl (C=O) groups is 2. The Labute approximate surface area is 160 Å². The Morgan fingerprint density at radius 1 is 1.19 bits per heavy atom. The van der Waals surface area contributed by atoms with Crippen molar-refractivity contribution in [3.8, 4) is 0 Å². The third kappa shape index (κ3) is 4.59. The summed E-state index contributed by atoms with van der Waals surface area (Å²) >= 11 is 7.34. The summed E-state index contributed by atoms with van der Waals surface area (Å²) in [5.74, 6) is -0.396. The maximum absolute atomic E-state index is 12.5. The quantitative estimate of drug-likeness (QED) is 0.678. The zero-order chi connectivity index (χ0) is 18.7. The summed E-state index contributed by atoms with van der Waals surface area (Å²) in [6.07, 6.45) is 0.124. The minimum Gasteiger partial charge on any atom is -0.349 e. The summed E-state index contributed by atoms with van der Waals surface area (Å²) in [6, 6.07) is 12.8. The number of nitrogens with one attached hydrogen (secondary N) is 2. The Bertz CT molecular complexity index is 953. The van der Waals surface area contributed by atoms with Crippen LogP contribution in [0, 0.1) is 6.92 Å². The maximum atomic E-state index is 12.5. The molecule has 2 aromatic carbocycles. The number of rotatable bonds is 5. The molecule has 3 aromatic rings. The van der Waals surface area contributed by atoms with Gasteiger partial charge in [0.05, 0.1) is 22.7 Å². The van der Waals surface area contributed by atoms with Crippen molar-refractivity contribution in [1.29, 1.82) is 0 Å². The minimum atomic E-state index is -0.392. The molecule has 0 aliphatic heterocycles. The highest BCUT2D eigenvalue weighted by Crippen LogP contribution is 2.28. The Morgan fingerprint density at radius 3 is 2.62 bits per heavy atom. The normalized spacial score (nSPS) is 12.0. The van der Waals surface area contributed by atoms with Gasteiger partial charge in [0.2, 0.25) is 11.8 Å². The van der Waals surface area contributed by atoms with E-state index in [1.807, 2.05) is 43.3 Å². The van der Waals surface area contributed by atoms with Gasteiger partial charge in [-0.25, -0.2) is 4.98 Å². The van der Waals surface area contributed by atoms with Gasteiger partial charge in [0.1, 0.15) is 0 Å². The lowest BCUT2D eigenvalue weighted by Gasteiger charge is -2.18. The fraction of sp³-hybridized carbons (Fsp3) is 0.211. The number of halogens is 1. The molecule has 2 N–H and O–H groups in total. The largest absolute Gasteiger partial charge is 0.349 e. The molecule has 1 heterocycles. The van der Waals surface area contributed by atoms with E-state index in [-0.39, 0.29) is 18.2 Å². The summed E-state index contributed by atoms with van der Waals surface area (Å²) in [7, 11) is 0. The molecule has 1 aromatic heterocycles. The number of hydrogen-bond acceptors (Lipinski definition) is 4. The lowest BCUT2D eigenvalue weighted by Crippen LogP contribution is -2.29. The highest BCUT2D eigenvalue weighted by atomic mass is 35.5. The molecule has 0 saturated heterocycles. The fourth-order valence-corrected chi connectivity index (χ4v) is 3.76. The SMILES string of the molecule is CC(=O)NC(CC(=O)Nc1nc2ccc(Cl)cc2s1)c1ccc(C)cc1. The Balaban J connectivity index is 1.73. The molecule has 26 heavy (non-hydrogen) atoms. The third-order valence-corrected chi connectivity index (χ3v) is 5.01. The average molecular weight is 388 g/mol. The van der Waals surface area contributed by atoms with Crippen molar-refractivity contribution in [3.63, 3.8) is 0 Å². The van der Waals surface area contributed by atoms with Gasteiger partial charge in [0, 0.05) is 11.9 Å². The van der Waals surface area contributed by atoms with Crippen molar-refractivity contribution >= 4 is 50.1 Å². The summed E-state index contributed by atoms with van der Waals surface area (Å²) in [4.78, 5) is 28.4. The molecule has 0 fully saturated rings. The van der Waals surface area contributed by atoms with Crippen LogP contribution in [-0.4, -0.2) is 16.8 Å². The summed E-state index contributed by atoms with van der Waals surface area (Å²) in [6.45, 7) is 3.43. The first-order chi connectivity index (χ1) is 12.4. The van der Waals surface area contributed by atoms with Gasteiger partial charge < -0.3 is 10.6 Å². The van der Waals surface area contributed by atoms with Crippen molar-refractivity contribution in [2.45, 2.75) is 26.3 Å². The molecule has 1 atom stereocenters. The second-order valence-electron chi connectivity index (χ2n) is 6.05. The second kappa shape index (κ2) is 7.85. The van der Waals surface area contributed by atoms with Crippen LogP contribution in [0.1, 0.15) is 30.5 Å². The molecule has 0 spiro atoms. The molecule has 0 saturated carbocycles. The number of aromatic nitrogens is 1. The molecule has 1 unspecified atom stereocenters. The van der Waals surface area contributed by atoms with Crippen LogP contribution in [0.2, 0.25) is 5.02 Å². The first kappa shape index (κ1) is 18.4. The number of thiazole rings is 1. The van der Waals surface area contributed by atoms with Crippen LogP contribution in [-0.2, 0) is 9.59 Å². The Morgan fingerprint density at radius 2 is 1.92 bits per heavy atom. The predicted molar refractivity (Wildman–Crippen MR) is 106 cm³/mol. The zero-order valence-corrected chi connectivity index (χ0v) is 15.9. The van der Waals surface area contributed by atoms with Gasteiger partial charge in [-0.15, -0.1) is 0 Å². The molecule has 0 aliphatic rings. The highest BCUT2D eigenvalue weighted by Gasteiger charge is 2.18. The highest BCUT2D eigenvalue weighted by molar-refractivity contribution is 7.22. The van der Waals surface area contributed by atoms with Gasteiger partial charge in [0.15, 0.2) is 5.13 Å². The average Bonchev–Trinajstić information content (AvgIpc) is 2.95. The number of aryl methyl sites for hydroxylation is 1. The van der Waals surface area contributed by atoms with Gasteiger partial charge in [0.25, 0.3) is 0 Å². The van der Waals surface area contributed by atoms with E-state index in [1.54, 1.807) is 6.07 Å². The summed E-state index contributed by atoms with van der Waals surface area (Å²) < 4.78 is 0.907. The topological polar surface area (TPSA) is 71.1 Å². The number of benzene rings is 2. The van der Waals surface area contributed by atoms with E-state index in [2.05, 4.69) is 15.6 Å². The first-order valence-electron chi connectivity index (χ1n) is 8.10. The number of nitrogens with zero attached hydrogens (tertiary/aromatic N) is 1. The van der Waals surface area contributed by atoms with Gasteiger partial charge in [-0.3, -0.25) is 9.59 Å². The van der Waals surface area contributed by atoms with Crippen LogP contribution in [0.4, 0.5) is 5.13 Å². The van der Waals surface area contributed by atoms with Crippen LogP contribution in [0.5, 0.6) is 0 Å². The molecule has 3 rings (SSSR count). The van der Waals surface area contributed by atoms with Crippen LogP contribution >= 0.6 is 22.9 Å². The Hall–Kier alpha value is -2.44. The van der Waals surface area contributed by atoms with Crippen LogP contribution in [0.25, 0.3) is 10.2 Å². The van der Waals surface area contributed by atoms with E-state index in [1.165, 1.54) is 18.3 Å². The van der Waals surface area contributed by atoms with Gasteiger partial charge in [-0.2, -0.15) is 0 Å². The number of amides is 2. The van der Waals surface area contributed by atoms with Crippen molar-refractivity contribution < 1.29 is 9.59 Å². The third-order valence-electron chi connectivity index (χ3n) is 3.84. The smallest absolute Gasteiger partial charge is 0.228 e. The first-order valence-corrected chi connectivity index (χ1v) is 9.30. The van der Waals surface area contributed by atoms with E-state index in [4.69, 9.17) is 11.6 Å². The zero-order valence-electron chi connectivity index (χ0n) is 14.4. The summed E-state index contributed by atoms with van der Waals surface area (Å²) in [5.41, 5.74) is 2.79. The number of fused-ring (bicyclic) bond motifs is 1. The van der Waals surface area contributed by atoms with Crippen LogP contribution in [0.15, 0.2) is 42.5 Å². The summed E-state index contributed by atoms with van der Waals surface area (Å²) in [5, 5.41) is 6.78. The number of anilines is 1. The molecule has 0 bridgehead atoms. The molecule has 134 valence electrons. The van der Waals surface area contributed by atoms with Gasteiger partial charge >= 0.3 is 0 Å². The molecule has 5 nitrogen and oxygen atoms in total. The molecule has 0 radical (unpaired) electrons. The standard InChI is InChI=1S/C19H18ClN3O2S/c1-11-3-5-13(6-4-11)16(21-12(2)24)10-18(25)23-19-22-15-8-7-14(20)9-17(15)26-19/h3-9,16H,10H2,1-2H3,(H,21,24)(H,22,23,25). The second-order valence-corrected chi connectivity index (χ2v) is 7.51. The monoisotopic (exact) mass is 387 g/mol. The van der Waals surface area contributed by atoms with Crippen LogP contribution in [0.3, 0.4) is 0 Å².